The Labute approximate surface area is 130 Å². The number of hydrogen-bond acceptors (Lipinski definition) is 5. The van der Waals surface area contributed by atoms with Crippen molar-refractivity contribution in [1.82, 2.24) is 4.98 Å². The quantitative estimate of drug-likeness (QED) is 0.667. The van der Waals surface area contributed by atoms with E-state index in [-0.39, 0.29) is 5.78 Å². The summed E-state index contributed by atoms with van der Waals surface area (Å²) < 4.78 is 1.98. The SMILES string of the molecule is CC(=O)c1ccc(C#N)cc1Sc1nc2ccccc2s1. The summed E-state index contributed by atoms with van der Waals surface area (Å²) in [5.41, 5.74) is 2.12. The standard InChI is InChI=1S/C16H10N2OS2/c1-10(19)12-7-6-11(9-17)8-15(12)21-16-18-13-4-2-3-5-14(13)20-16/h2-8H,1H3. The number of carbonyl (C=O) groups excluding carboxylic acids is 1. The molecule has 0 spiro atoms. The third kappa shape index (κ3) is 2.82. The Balaban J connectivity index is 2.03. The highest BCUT2D eigenvalue weighted by atomic mass is 32.2. The molecule has 0 atom stereocenters. The van der Waals surface area contributed by atoms with Crippen LogP contribution < -0.4 is 0 Å². The van der Waals surface area contributed by atoms with E-state index in [0.29, 0.717) is 11.1 Å². The molecule has 21 heavy (non-hydrogen) atoms. The highest BCUT2D eigenvalue weighted by Gasteiger charge is 2.12. The zero-order chi connectivity index (χ0) is 14.8. The smallest absolute Gasteiger partial charge is 0.160 e. The molecular weight excluding hydrogens is 300 g/mol. The van der Waals surface area contributed by atoms with Crippen molar-refractivity contribution >= 4 is 39.1 Å². The van der Waals surface area contributed by atoms with Gasteiger partial charge in [0, 0.05) is 10.5 Å². The van der Waals surface area contributed by atoms with E-state index in [0.717, 1.165) is 19.5 Å². The monoisotopic (exact) mass is 310 g/mol. The predicted molar refractivity (Wildman–Crippen MR) is 84.9 cm³/mol. The van der Waals surface area contributed by atoms with Crippen molar-refractivity contribution in [3.63, 3.8) is 0 Å². The Kier molecular flexibility index (Phi) is 3.74. The van der Waals surface area contributed by atoms with E-state index in [1.165, 1.54) is 18.7 Å². The van der Waals surface area contributed by atoms with Crippen LogP contribution in [-0.4, -0.2) is 10.8 Å². The minimum absolute atomic E-state index is 0.0110. The lowest BCUT2D eigenvalue weighted by Crippen LogP contribution is -1.95. The number of hydrogen-bond donors (Lipinski definition) is 0. The maximum atomic E-state index is 11.7. The fourth-order valence-corrected chi connectivity index (χ4v) is 4.20. The van der Waals surface area contributed by atoms with E-state index in [1.807, 2.05) is 24.3 Å². The van der Waals surface area contributed by atoms with Gasteiger partial charge in [-0.1, -0.05) is 23.9 Å². The van der Waals surface area contributed by atoms with Crippen molar-refractivity contribution in [3.05, 3.63) is 53.6 Å². The number of Topliss-reactive ketones (excluding diaryl/α,β-unsaturated/α-hetero) is 1. The highest BCUT2D eigenvalue weighted by molar-refractivity contribution is 8.01. The van der Waals surface area contributed by atoms with Gasteiger partial charge < -0.3 is 0 Å². The minimum atomic E-state index is -0.0110. The largest absolute Gasteiger partial charge is 0.294 e. The van der Waals surface area contributed by atoms with Gasteiger partial charge in [-0.3, -0.25) is 4.79 Å². The van der Waals surface area contributed by atoms with Crippen molar-refractivity contribution in [3.8, 4) is 6.07 Å². The summed E-state index contributed by atoms with van der Waals surface area (Å²) in [5, 5.41) is 9.01. The van der Waals surface area contributed by atoms with Gasteiger partial charge in [0.1, 0.15) is 0 Å². The highest BCUT2D eigenvalue weighted by Crippen LogP contribution is 2.36. The van der Waals surface area contributed by atoms with Crippen LogP contribution >= 0.6 is 23.1 Å². The van der Waals surface area contributed by atoms with Gasteiger partial charge in [0.2, 0.25) is 0 Å². The first-order chi connectivity index (χ1) is 10.2. The second kappa shape index (κ2) is 5.68. The third-order valence-corrected chi connectivity index (χ3v) is 5.12. The molecule has 0 fully saturated rings. The van der Waals surface area contributed by atoms with Crippen LogP contribution in [0, 0.1) is 11.3 Å². The number of para-hydroxylation sites is 1. The second-order valence-electron chi connectivity index (χ2n) is 4.43. The number of aromatic nitrogens is 1. The molecule has 0 aliphatic heterocycles. The van der Waals surface area contributed by atoms with E-state index in [9.17, 15) is 4.79 Å². The van der Waals surface area contributed by atoms with Gasteiger partial charge in [0.25, 0.3) is 0 Å². The van der Waals surface area contributed by atoms with Crippen molar-refractivity contribution in [2.24, 2.45) is 0 Å². The molecule has 0 saturated heterocycles. The van der Waals surface area contributed by atoms with E-state index < -0.39 is 0 Å². The van der Waals surface area contributed by atoms with Crippen LogP contribution in [0.5, 0.6) is 0 Å². The van der Waals surface area contributed by atoms with Crippen molar-refractivity contribution < 1.29 is 4.79 Å². The number of ketones is 1. The molecule has 0 amide bonds. The van der Waals surface area contributed by atoms with Crippen LogP contribution in [0.25, 0.3) is 10.2 Å². The van der Waals surface area contributed by atoms with Gasteiger partial charge in [-0.25, -0.2) is 4.98 Å². The van der Waals surface area contributed by atoms with Crippen molar-refractivity contribution in [2.75, 3.05) is 0 Å². The molecule has 1 heterocycles. The Morgan fingerprint density at radius 1 is 1.29 bits per heavy atom. The zero-order valence-electron chi connectivity index (χ0n) is 11.2. The first-order valence-electron chi connectivity index (χ1n) is 6.26. The Morgan fingerprint density at radius 2 is 2.10 bits per heavy atom. The predicted octanol–water partition coefficient (Wildman–Crippen LogP) is 4.52. The lowest BCUT2D eigenvalue weighted by molar-refractivity contribution is 0.101. The minimum Gasteiger partial charge on any atom is -0.294 e. The maximum Gasteiger partial charge on any atom is 0.160 e. The molecule has 0 aliphatic carbocycles. The molecule has 0 radical (unpaired) electrons. The van der Waals surface area contributed by atoms with E-state index in [4.69, 9.17) is 5.26 Å². The molecule has 0 aliphatic rings. The van der Waals surface area contributed by atoms with E-state index in [1.54, 1.807) is 29.5 Å². The number of carbonyl (C=O) groups is 1. The molecule has 0 bridgehead atoms. The molecule has 2 aromatic carbocycles. The Bertz CT molecular complexity index is 844. The van der Waals surface area contributed by atoms with Crippen LogP contribution in [0.3, 0.4) is 0 Å². The van der Waals surface area contributed by atoms with Gasteiger partial charge in [-0.05, 0) is 37.3 Å². The van der Waals surface area contributed by atoms with Crippen LogP contribution in [-0.2, 0) is 0 Å². The number of thiazole rings is 1. The topological polar surface area (TPSA) is 53.8 Å². The molecule has 3 nitrogen and oxygen atoms in total. The fraction of sp³-hybridized carbons (Fsp3) is 0.0625. The van der Waals surface area contributed by atoms with Crippen molar-refractivity contribution in [1.29, 1.82) is 5.26 Å². The van der Waals surface area contributed by atoms with Crippen LogP contribution in [0.2, 0.25) is 0 Å². The number of rotatable bonds is 3. The zero-order valence-corrected chi connectivity index (χ0v) is 12.8. The molecule has 0 N–H and O–H groups in total. The fourth-order valence-electron chi connectivity index (χ4n) is 1.96. The molecule has 5 heteroatoms. The molecule has 3 aromatic rings. The average molecular weight is 310 g/mol. The molecular formula is C16H10N2OS2. The first kappa shape index (κ1) is 13.8. The van der Waals surface area contributed by atoms with Gasteiger partial charge in [0.05, 0.1) is 21.8 Å². The lowest BCUT2D eigenvalue weighted by atomic mass is 10.1. The lowest BCUT2D eigenvalue weighted by Gasteiger charge is -2.04. The number of nitrogens with zero attached hydrogens (tertiary/aromatic N) is 2. The maximum absolute atomic E-state index is 11.7. The summed E-state index contributed by atoms with van der Waals surface area (Å²) in [4.78, 5) is 17.0. The van der Waals surface area contributed by atoms with Crippen LogP contribution in [0.4, 0.5) is 0 Å². The average Bonchev–Trinajstić information content (AvgIpc) is 2.89. The molecule has 1 aromatic heterocycles. The summed E-state index contributed by atoms with van der Waals surface area (Å²) in [5.74, 6) is -0.0110. The molecule has 3 rings (SSSR count). The summed E-state index contributed by atoms with van der Waals surface area (Å²) in [6, 6.07) is 15.1. The van der Waals surface area contributed by atoms with Crippen molar-refractivity contribution in [2.45, 2.75) is 16.2 Å². The van der Waals surface area contributed by atoms with Gasteiger partial charge >= 0.3 is 0 Å². The van der Waals surface area contributed by atoms with Crippen LogP contribution in [0.15, 0.2) is 51.7 Å². The molecule has 0 unspecified atom stereocenters. The first-order valence-corrected chi connectivity index (χ1v) is 7.89. The number of nitriles is 1. The number of benzene rings is 2. The van der Waals surface area contributed by atoms with Gasteiger partial charge in [-0.2, -0.15) is 5.26 Å². The van der Waals surface area contributed by atoms with E-state index in [2.05, 4.69) is 11.1 Å². The third-order valence-electron chi connectivity index (χ3n) is 2.96. The van der Waals surface area contributed by atoms with Gasteiger partial charge in [0.15, 0.2) is 10.1 Å². The second-order valence-corrected chi connectivity index (χ2v) is 6.75. The molecule has 0 saturated carbocycles. The Hall–Kier alpha value is -2.16. The number of fused-ring (bicyclic) bond motifs is 1. The Morgan fingerprint density at radius 3 is 2.81 bits per heavy atom. The summed E-state index contributed by atoms with van der Waals surface area (Å²) in [7, 11) is 0. The van der Waals surface area contributed by atoms with Crippen LogP contribution in [0.1, 0.15) is 22.8 Å². The van der Waals surface area contributed by atoms with Gasteiger partial charge in [-0.15, -0.1) is 11.3 Å². The summed E-state index contributed by atoms with van der Waals surface area (Å²) in [6.45, 7) is 1.53. The summed E-state index contributed by atoms with van der Waals surface area (Å²) in [6.07, 6.45) is 0. The normalized spacial score (nSPS) is 10.5. The van der Waals surface area contributed by atoms with E-state index >= 15 is 0 Å². The summed E-state index contributed by atoms with van der Waals surface area (Å²) >= 11 is 3.02. The molecule has 102 valence electrons.